The minimum Gasteiger partial charge on any atom is -0.393 e. The van der Waals surface area contributed by atoms with Crippen molar-refractivity contribution in [2.24, 2.45) is 5.92 Å². The highest BCUT2D eigenvalue weighted by Gasteiger charge is 2.22. The summed E-state index contributed by atoms with van der Waals surface area (Å²) in [6, 6.07) is 0. The molecule has 0 amide bonds. The summed E-state index contributed by atoms with van der Waals surface area (Å²) < 4.78 is 0. The number of piperidine rings is 1. The number of nitrogens with zero attached hydrogens (tertiary/aromatic N) is 1. The van der Waals surface area contributed by atoms with Crippen LogP contribution in [0.4, 0.5) is 0 Å². The Balaban J connectivity index is 2.22. The van der Waals surface area contributed by atoms with Crippen molar-refractivity contribution < 1.29 is 5.11 Å². The van der Waals surface area contributed by atoms with Crippen LogP contribution >= 0.6 is 0 Å². The molecule has 1 heterocycles. The molecule has 0 aromatic heterocycles. The molecule has 0 aliphatic carbocycles. The van der Waals surface area contributed by atoms with Gasteiger partial charge in [0.25, 0.3) is 0 Å². The van der Waals surface area contributed by atoms with E-state index in [1.807, 2.05) is 6.92 Å². The number of aliphatic hydroxyl groups is 1. The first kappa shape index (κ1) is 15.7. The first-order chi connectivity index (χ1) is 8.28. The molecule has 0 bridgehead atoms. The second kappa shape index (κ2) is 6.69. The molecule has 1 fully saturated rings. The van der Waals surface area contributed by atoms with E-state index in [4.69, 9.17) is 0 Å². The molecule has 3 nitrogen and oxygen atoms in total. The van der Waals surface area contributed by atoms with Gasteiger partial charge in [-0.1, -0.05) is 6.58 Å². The van der Waals surface area contributed by atoms with E-state index in [9.17, 15) is 5.11 Å². The fraction of sp³-hybridized carbons (Fsp3) is 0.867. The summed E-state index contributed by atoms with van der Waals surface area (Å²) in [5.41, 5.74) is 1.41. The second-order valence-corrected chi connectivity index (χ2v) is 6.71. The monoisotopic (exact) mass is 254 g/mol. The molecule has 0 aromatic rings. The maximum Gasteiger partial charge on any atom is 0.0541 e. The van der Waals surface area contributed by atoms with Crippen LogP contribution in [0.3, 0.4) is 0 Å². The van der Waals surface area contributed by atoms with Crippen LogP contribution in [0.15, 0.2) is 12.2 Å². The van der Waals surface area contributed by atoms with Crippen molar-refractivity contribution in [2.45, 2.75) is 52.2 Å². The first-order valence-corrected chi connectivity index (χ1v) is 7.10. The van der Waals surface area contributed by atoms with Gasteiger partial charge in [-0.2, -0.15) is 0 Å². The number of likely N-dealkylation sites (tertiary alicyclic amines) is 1. The molecule has 0 radical (unpaired) electrons. The third-order valence-electron chi connectivity index (χ3n) is 3.63. The molecular weight excluding hydrogens is 224 g/mol. The zero-order valence-electron chi connectivity index (χ0n) is 12.5. The van der Waals surface area contributed by atoms with Crippen molar-refractivity contribution >= 4 is 0 Å². The van der Waals surface area contributed by atoms with E-state index in [-0.39, 0.29) is 11.6 Å². The van der Waals surface area contributed by atoms with Crippen LogP contribution in [0.25, 0.3) is 0 Å². The van der Waals surface area contributed by atoms with Crippen LogP contribution in [0.1, 0.15) is 40.5 Å². The van der Waals surface area contributed by atoms with Gasteiger partial charge in [0, 0.05) is 18.6 Å². The number of nitrogens with one attached hydrogen (secondary N) is 1. The average molecular weight is 254 g/mol. The predicted molar refractivity (Wildman–Crippen MR) is 77.7 cm³/mol. The van der Waals surface area contributed by atoms with Crippen LogP contribution in [0.2, 0.25) is 0 Å². The number of rotatable bonds is 5. The van der Waals surface area contributed by atoms with E-state index in [2.05, 4.69) is 37.6 Å². The summed E-state index contributed by atoms with van der Waals surface area (Å²) in [6.07, 6.45) is 2.06. The van der Waals surface area contributed by atoms with Gasteiger partial charge in [0.1, 0.15) is 0 Å². The van der Waals surface area contributed by atoms with Crippen molar-refractivity contribution in [2.75, 3.05) is 26.2 Å². The highest BCUT2D eigenvalue weighted by Crippen LogP contribution is 2.20. The van der Waals surface area contributed by atoms with E-state index in [0.29, 0.717) is 5.92 Å². The third-order valence-corrected chi connectivity index (χ3v) is 3.63. The molecule has 0 spiro atoms. The van der Waals surface area contributed by atoms with Crippen molar-refractivity contribution in [3.8, 4) is 0 Å². The minimum atomic E-state index is -0.155. The van der Waals surface area contributed by atoms with Gasteiger partial charge in [0.05, 0.1) is 6.10 Å². The summed E-state index contributed by atoms with van der Waals surface area (Å²) in [7, 11) is 0. The van der Waals surface area contributed by atoms with Gasteiger partial charge >= 0.3 is 0 Å². The van der Waals surface area contributed by atoms with Gasteiger partial charge in [-0.05, 0) is 65.1 Å². The molecule has 1 atom stereocenters. The van der Waals surface area contributed by atoms with Crippen LogP contribution in [-0.4, -0.2) is 47.8 Å². The molecule has 1 aliphatic heterocycles. The highest BCUT2D eigenvalue weighted by atomic mass is 16.3. The number of hydrogen-bond donors (Lipinski definition) is 2. The van der Waals surface area contributed by atoms with E-state index >= 15 is 0 Å². The summed E-state index contributed by atoms with van der Waals surface area (Å²) in [5, 5.41) is 13.0. The average Bonchev–Trinajstić information content (AvgIpc) is 2.26. The molecule has 1 aliphatic rings. The predicted octanol–water partition coefficient (Wildman–Crippen LogP) is 2.02. The molecule has 1 rings (SSSR count). The van der Waals surface area contributed by atoms with E-state index in [1.165, 1.54) is 5.57 Å². The lowest BCUT2D eigenvalue weighted by molar-refractivity contribution is 0.0747. The third kappa shape index (κ3) is 5.98. The Hall–Kier alpha value is -0.380. The summed E-state index contributed by atoms with van der Waals surface area (Å²) in [6.45, 7) is 16.6. The molecular formula is C15H30N2O. The van der Waals surface area contributed by atoms with Gasteiger partial charge < -0.3 is 10.4 Å². The SMILES string of the molecule is C=C(CNC(C)(C)C)CN1CCC(C(C)O)CC1. The Labute approximate surface area is 112 Å². The topological polar surface area (TPSA) is 35.5 Å². The molecule has 2 N–H and O–H groups in total. The molecule has 106 valence electrons. The lowest BCUT2D eigenvalue weighted by Gasteiger charge is -2.34. The molecule has 18 heavy (non-hydrogen) atoms. The minimum absolute atomic E-state index is 0.155. The van der Waals surface area contributed by atoms with Crippen molar-refractivity contribution in [3.05, 3.63) is 12.2 Å². The molecule has 0 aromatic carbocycles. The Bertz CT molecular complexity index is 260. The van der Waals surface area contributed by atoms with Crippen LogP contribution in [-0.2, 0) is 0 Å². The summed E-state index contributed by atoms with van der Waals surface area (Å²) in [4.78, 5) is 2.45. The Kier molecular flexibility index (Phi) is 5.83. The van der Waals surface area contributed by atoms with Gasteiger partial charge in [0.15, 0.2) is 0 Å². The van der Waals surface area contributed by atoms with Crippen molar-refractivity contribution in [3.63, 3.8) is 0 Å². The molecule has 1 unspecified atom stereocenters. The molecule has 1 saturated heterocycles. The zero-order chi connectivity index (χ0) is 13.8. The van der Waals surface area contributed by atoms with Crippen LogP contribution in [0, 0.1) is 5.92 Å². The number of aliphatic hydroxyl groups excluding tert-OH is 1. The molecule has 0 saturated carbocycles. The van der Waals surface area contributed by atoms with E-state index in [1.54, 1.807) is 0 Å². The van der Waals surface area contributed by atoms with Crippen molar-refractivity contribution in [1.29, 1.82) is 0 Å². The fourth-order valence-corrected chi connectivity index (χ4v) is 2.36. The zero-order valence-corrected chi connectivity index (χ0v) is 12.5. The second-order valence-electron chi connectivity index (χ2n) is 6.71. The standard InChI is InChI=1S/C15H30N2O/c1-12(10-16-15(3,4)5)11-17-8-6-14(7-9-17)13(2)18/h13-14,16,18H,1,6-11H2,2-5H3. The Morgan fingerprint density at radius 1 is 1.39 bits per heavy atom. The lowest BCUT2D eigenvalue weighted by Crippen LogP contribution is -2.41. The summed E-state index contributed by atoms with van der Waals surface area (Å²) in [5.74, 6) is 0.488. The van der Waals surface area contributed by atoms with Gasteiger partial charge in [0.2, 0.25) is 0 Å². The quantitative estimate of drug-likeness (QED) is 0.737. The summed E-state index contributed by atoms with van der Waals surface area (Å²) >= 11 is 0. The Morgan fingerprint density at radius 2 is 1.94 bits per heavy atom. The van der Waals surface area contributed by atoms with Gasteiger partial charge in [-0.3, -0.25) is 4.90 Å². The lowest BCUT2D eigenvalue weighted by atomic mass is 9.92. The molecule has 3 heteroatoms. The fourth-order valence-electron chi connectivity index (χ4n) is 2.36. The first-order valence-electron chi connectivity index (χ1n) is 7.10. The maximum absolute atomic E-state index is 9.57. The van der Waals surface area contributed by atoms with Gasteiger partial charge in [-0.15, -0.1) is 0 Å². The highest BCUT2D eigenvalue weighted by molar-refractivity contribution is 5.01. The van der Waals surface area contributed by atoms with E-state index in [0.717, 1.165) is 39.0 Å². The van der Waals surface area contributed by atoms with Crippen molar-refractivity contribution in [1.82, 2.24) is 10.2 Å². The van der Waals surface area contributed by atoms with Crippen LogP contribution in [0.5, 0.6) is 0 Å². The van der Waals surface area contributed by atoms with E-state index < -0.39 is 0 Å². The normalized spacial score (nSPS) is 20.9. The largest absolute Gasteiger partial charge is 0.393 e. The maximum atomic E-state index is 9.57. The van der Waals surface area contributed by atoms with Crippen LogP contribution < -0.4 is 5.32 Å². The smallest absolute Gasteiger partial charge is 0.0541 e. The Morgan fingerprint density at radius 3 is 2.39 bits per heavy atom. The number of hydrogen-bond acceptors (Lipinski definition) is 3. The van der Waals surface area contributed by atoms with Gasteiger partial charge in [-0.25, -0.2) is 0 Å².